The molecule has 2 fully saturated rings. The average Bonchev–Trinajstić information content (AvgIpc) is 2.97. The van der Waals surface area contributed by atoms with Gasteiger partial charge in [0.25, 0.3) is 0 Å². The first-order chi connectivity index (χ1) is 10.1. The predicted molar refractivity (Wildman–Crippen MR) is 74.5 cm³/mol. The van der Waals surface area contributed by atoms with Crippen LogP contribution in [0.1, 0.15) is 19.3 Å². The van der Waals surface area contributed by atoms with Gasteiger partial charge in [-0.1, -0.05) is 0 Å². The topological polar surface area (TPSA) is 67.7 Å². The molecule has 0 radical (unpaired) electrons. The molecule has 114 valence electrons. The molecule has 0 aliphatic carbocycles. The number of hydrogen-bond donors (Lipinski definition) is 0. The minimum Gasteiger partial charge on any atom is -0.441 e. The van der Waals surface area contributed by atoms with E-state index in [1.165, 1.54) is 0 Å². The van der Waals surface area contributed by atoms with Crippen molar-refractivity contribution in [3.05, 3.63) is 18.7 Å². The summed E-state index contributed by atoms with van der Waals surface area (Å²) in [5.41, 5.74) is -0.407. The van der Waals surface area contributed by atoms with E-state index < -0.39 is 5.60 Å². The lowest BCUT2D eigenvalue weighted by Crippen LogP contribution is -2.37. The highest BCUT2D eigenvalue weighted by atomic mass is 16.6. The molecule has 0 N–H and O–H groups in total. The Balaban J connectivity index is 1.61. The SMILES string of the molecule is CN1C[C@@]2(CCCN(C(=O)Cn3ccnc3)CC2)OC1=O. The molecule has 2 amide bonds. The molecule has 3 heterocycles. The summed E-state index contributed by atoms with van der Waals surface area (Å²) in [6.07, 6.45) is 7.22. The smallest absolute Gasteiger partial charge is 0.410 e. The third kappa shape index (κ3) is 2.86. The molecule has 2 aliphatic rings. The Morgan fingerprint density at radius 1 is 1.43 bits per heavy atom. The molecule has 2 aliphatic heterocycles. The second kappa shape index (κ2) is 5.38. The van der Waals surface area contributed by atoms with Gasteiger partial charge in [-0.3, -0.25) is 4.79 Å². The number of carbonyl (C=O) groups is 2. The lowest BCUT2D eigenvalue weighted by Gasteiger charge is -2.25. The molecule has 1 aromatic heterocycles. The van der Waals surface area contributed by atoms with Crippen LogP contribution in [0.5, 0.6) is 0 Å². The standard InChI is InChI=1S/C14H20N4O3/c1-16-10-14(21-13(16)20)3-2-6-18(7-4-14)12(19)9-17-8-5-15-11-17/h5,8,11H,2-4,6-7,9-10H2,1H3/t14-/m0/s1. The van der Waals surface area contributed by atoms with Gasteiger partial charge in [0, 0.05) is 39.0 Å². The molecule has 1 aromatic rings. The Morgan fingerprint density at radius 3 is 2.95 bits per heavy atom. The second-order valence-corrected chi connectivity index (χ2v) is 5.88. The second-order valence-electron chi connectivity index (χ2n) is 5.88. The zero-order valence-corrected chi connectivity index (χ0v) is 12.2. The fourth-order valence-corrected chi connectivity index (χ4v) is 3.11. The highest BCUT2D eigenvalue weighted by Gasteiger charge is 2.44. The van der Waals surface area contributed by atoms with Crippen molar-refractivity contribution in [2.45, 2.75) is 31.4 Å². The molecular weight excluding hydrogens is 272 g/mol. The van der Waals surface area contributed by atoms with Crippen molar-refractivity contribution in [2.24, 2.45) is 0 Å². The summed E-state index contributed by atoms with van der Waals surface area (Å²) in [7, 11) is 1.75. The molecule has 0 bridgehead atoms. The fraction of sp³-hybridized carbons (Fsp3) is 0.643. The van der Waals surface area contributed by atoms with Crippen LogP contribution in [0, 0.1) is 0 Å². The van der Waals surface area contributed by atoms with Gasteiger partial charge in [-0.05, 0) is 12.8 Å². The number of nitrogens with zero attached hydrogens (tertiary/aromatic N) is 4. The Kier molecular flexibility index (Phi) is 3.57. The Hall–Kier alpha value is -2.05. The van der Waals surface area contributed by atoms with Crippen LogP contribution in [0.3, 0.4) is 0 Å². The number of likely N-dealkylation sites (N-methyl/N-ethyl adjacent to an activating group) is 1. The van der Waals surface area contributed by atoms with Crippen molar-refractivity contribution in [1.82, 2.24) is 19.4 Å². The maximum absolute atomic E-state index is 12.3. The number of rotatable bonds is 2. The number of imidazole rings is 1. The van der Waals surface area contributed by atoms with Crippen molar-refractivity contribution in [2.75, 3.05) is 26.7 Å². The van der Waals surface area contributed by atoms with Gasteiger partial charge in [-0.25, -0.2) is 9.78 Å². The summed E-state index contributed by atoms with van der Waals surface area (Å²) in [4.78, 5) is 31.3. The minimum atomic E-state index is -0.407. The Morgan fingerprint density at radius 2 is 2.29 bits per heavy atom. The Labute approximate surface area is 123 Å². The van der Waals surface area contributed by atoms with Gasteiger partial charge < -0.3 is 19.1 Å². The maximum atomic E-state index is 12.3. The average molecular weight is 292 g/mol. The van der Waals surface area contributed by atoms with Crippen LogP contribution in [0.15, 0.2) is 18.7 Å². The number of carbonyl (C=O) groups excluding carboxylic acids is 2. The van der Waals surface area contributed by atoms with E-state index >= 15 is 0 Å². The lowest BCUT2D eigenvalue weighted by molar-refractivity contribution is -0.131. The fourth-order valence-electron chi connectivity index (χ4n) is 3.11. The van der Waals surface area contributed by atoms with Crippen molar-refractivity contribution < 1.29 is 14.3 Å². The van der Waals surface area contributed by atoms with Crippen LogP contribution < -0.4 is 0 Å². The molecule has 7 nitrogen and oxygen atoms in total. The summed E-state index contributed by atoms with van der Waals surface area (Å²) >= 11 is 0. The van der Waals surface area contributed by atoms with E-state index in [1.807, 2.05) is 4.90 Å². The van der Waals surface area contributed by atoms with Crippen molar-refractivity contribution in [3.63, 3.8) is 0 Å². The van der Waals surface area contributed by atoms with E-state index in [4.69, 9.17) is 4.74 Å². The predicted octanol–water partition coefficient (Wildman–Crippen LogP) is 0.716. The number of hydrogen-bond acceptors (Lipinski definition) is 4. The van der Waals surface area contributed by atoms with Crippen molar-refractivity contribution >= 4 is 12.0 Å². The van der Waals surface area contributed by atoms with Crippen LogP contribution >= 0.6 is 0 Å². The van der Waals surface area contributed by atoms with Gasteiger partial charge in [0.05, 0.1) is 12.9 Å². The summed E-state index contributed by atoms with van der Waals surface area (Å²) in [6, 6.07) is 0. The van der Waals surface area contributed by atoms with Gasteiger partial charge in [0.2, 0.25) is 5.91 Å². The maximum Gasteiger partial charge on any atom is 0.410 e. The first-order valence-electron chi connectivity index (χ1n) is 7.26. The van der Waals surface area contributed by atoms with Crippen molar-refractivity contribution in [3.8, 4) is 0 Å². The summed E-state index contributed by atoms with van der Waals surface area (Å²) in [5.74, 6) is 0.0859. The van der Waals surface area contributed by atoms with Crippen LogP contribution in [0.25, 0.3) is 0 Å². The number of ether oxygens (including phenoxy) is 1. The summed E-state index contributed by atoms with van der Waals surface area (Å²) < 4.78 is 7.32. The molecule has 0 saturated carbocycles. The van der Waals surface area contributed by atoms with Crippen LogP contribution in [-0.2, 0) is 16.1 Å². The molecular formula is C14H20N4O3. The van der Waals surface area contributed by atoms with Gasteiger partial charge in [-0.2, -0.15) is 0 Å². The molecule has 21 heavy (non-hydrogen) atoms. The third-order valence-electron chi connectivity index (χ3n) is 4.27. The van der Waals surface area contributed by atoms with Gasteiger partial charge in [-0.15, -0.1) is 0 Å². The van der Waals surface area contributed by atoms with Crippen LogP contribution in [0.2, 0.25) is 0 Å². The monoisotopic (exact) mass is 292 g/mol. The van der Waals surface area contributed by atoms with E-state index in [1.54, 1.807) is 35.2 Å². The van der Waals surface area contributed by atoms with Gasteiger partial charge >= 0.3 is 6.09 Å². The quantitative estimate of drug-likeness (QED) is 0.805. The largest absolute Gasteiger partial charge is 0.441 e. The zero-order chi connectivity index (χ0) is 14.9. The minimum absolute atomic E-state index is 0.0859. The first-order valence-corrected chi connectivity index (χ1v) is 7.26. The molecule has 0 unspecified atom stereocenters. The summed E-state index contributed by atoms with van der Waals surface area (Å²) in [5, 5.41) is 0. The normalized spacial score (nSPS) is 26.0. The number of amides is 2. The molecule has 3 rings (SSSR count). The van der Waals surface area contributed by atoms with Gasteiger partial charge in [0.15, 0.2) is 0 Å². The highest BCUT2D eigenvalue weighted by Crippen LogP contribution is 2.32. The number of aromatic nitrogens is 2. The van der Waals surface area contributed by atoms with Crippen LogP contribution in [0.4, 0.5) is 4.79 Å². The zero-order valence-electron chi connectivity index (χ0n) is 12.2. The van der Waals surface area contributed by atoms with Crippen molar-refractivity contribution in [1.29, 1.82) is 0 Å². The van der Waals surface area contributed by atoms with E-state index in [0.717, 1.165) is 19.4 Å². The van der Waals surface area contributed by atoms with Gasteiger partial charge in [0.1, 0.15) is 12.1 Å². The van der Waals surface area contributed by atoms with E-state index in [-0.39, 0.29) is 12.0 Å². The van der Waals surface area contributed by atoms with E-state index in [9.17, 15) is 9.59 Å². The highest BCUT2D eigenvalue weighted by molar-refractivity contribution is 5.76. The van der Waals surface area contributed by atoms with E-state index in [2.05, 4.69) is 4.98 Å². The first kappa shape index (κ1) is 13.9. The van der Waals surface area contributed by atoms with E-state index in [0.29, 0.717) is 26.1 Å². The Bertz CT molecular complexity index is 530. The lowest BCUT2D eigenvalue weighted by atomic mass is 9.95. The molecule has 7 heteroatoms. The number of likely N-dealkylation sites (tertiary alicyclic amines) is 1. The summed E-state index contributed by atoms with van der Waals surface area (Å²) in [6.45, 7) is 2.28. The van der Waals surface area contributed by atoms with Crippen LogP contribution in [-0.4, -0.2) is 63.6 Å². The third-order valence-corrected chi connectivity index (χ3v) is 4.27. The molecule has 2 saturated heterocycles. The molecule has 1 atom stereocenters. The molecule has 0 aromatic carbocycles. The molecule has 1 spiro atoms.